The third-order valence-corrected chi connectivity index (χ3v) is 9.04. The van der Waals surface area contributed by atoms with Crippen molar-refractivity contribution in [3.63, 3.8) is 0 Å². The molecular formula is C29H38BrN3O5. The topological polar surface area (TPSA) is 90.4 Å². The molecule has 4 rings (SSSR count). The summed E-state index contributed by atoms with van der Waals surface area (Å²) in [6, 6.07) is 7.62. The summed E-state index contributed by atoms with van der Waals surface area (Å²) in [5, 5.41) is 10.2. The summed E-state index contributed by atoms with van der Waals surface area (Å²) in [5.41, 5.74) is -0.477. The predicted octanol–water partition coefficient (Wildman–Crippen LogP) is 3.15. The van der Waals surface area contributed by atoms with Gasteiger partial charge in [-0.2, -0.15) is 0 Å². The standard InChI is InChI=1S/C29H38BrN3O5/c1-6-14-31(18(4)5)28(37)25-29-16-21(30)24(38-29)22(23(29)27(36)33(25)19(8-3)17-34)26(35)32(15-7-2)20-12-10-9-11-13-20/h6-7,9-13,18-19,21-25,34H,1-2,8,14-17H2,3-5H3/t19-,21?,22+,23-,24+,25?,29?/m0/s1. The molecule has 206 valence electrons. The molecule has 1 spiro atoms. The zero-order chi connectivity index (χ0) is 27.8. The van der Waals surface area contributed by atoms with E-state index in [-0.39, 0.29) is 41.7 Å². The monoisotopic (exact) mass is 587 g/mol. The van der Waals surface area contributed by atoms with Crippen molar-refractivity contribution in [1.29, 1.82) is 0 Å². The molecule has 3 fully saturated rings. The van der Waals surface area contributed by atoms with E-state index < -0.39 is 35.6 Å². The highest BCUT2D eigenvalue weighted by molar-refractivity contribution is 9.09. The normalized spacial score (nSPS) is 30.3. The zero-order valence-corrected chi connectivity index (χ0v) is 23.9. The fourth-order valence-corrected chi connectivity index (χ4v) is 7.47. The van der Waals surface area contributed by atoms with Crippen molar-refractivity contribution >= 4 is 39.3 Å². The number of rotatable bonds is 11. The second kappa shape index (κ2) is 11.3. The Morgan fingerprint density at radius 2 is 1.87 bits per heavy atom. The highest BCUT2D eigenvalue weighted by Gasteiger charge is 2.77. The summed E-state index contributed by atoms with van der Waals surface area (Å²) in [7, 11) is 0. The molecular weight excluding hydrogens is 550 g/mol. The fourth-order valence-electron chi connectivity index (χ4n) is 6.53. The number of alkyl halides is 1. The van der Waals surface area contributed by atoms with Gasteiger partial charge in [-0.1, -0.05) is 53.2 Å². The van der Waals surface area contributed by atoms with Crippen molar-refractivity contribution in [1.82, 2.24) is 9.80 Å². The van der Waals surface area contributed by atoms with Gasteiger partial charge in [0.2, 0.25) is 17.7 Å². The first kappa shape index (κ1) is 28.5. The van der Waals surface area contributed by atoms with E-state index in [0.717, 1.165) is 0 Å². The van der Waals surface area contributed by atoms with E-state index in [9.17, 15) is 19.5 Å². The van der Waals surface area contributed by atoms with Crippen molar-refractivity contribution in [3.05, 3.63) is 55.6 Å². The molecule has 3 amide bonds. The third-order valence-electron chi connectivity index (χ3n) is 8.20. The van der Waals surface area contributed by atoms with E-state index in [1.807, 2.05) is 51.1 Å². The second-order valence-electron chi connectivity index (χ2n) is 10.6. The lowest BCUT2D eigenvalue weighted by molar-refractivity contribution is -0.152. The summed E-state index contributed by atoms with van der Waals surface area (Å²) in [6.07, 6.45) is 3.64. The van der Waals surface area contributed by atoms with Crippen LogP contribution in [0.2, 0.25) is 0 Å². The van der Waals surface area contributed by atoms with Gasteiger partial charge in [0.1, 0.15) is 11.6 Å². The first-order chi connectivity index (χ1) is 18.2. The zero-order valence-electron chi connectivity index (χ0n) is 22.3. The summed E-state index contributed by atoms with van der Waals surface area (Å²) in [4.78, 5) is 47.4. The van der Waals surface area contributed by atoms with Gasteiger partial charge < -0.3 is 24.5 Å². The number of aliphatic hydroxyl groups is 1. The SMILES string of the molecule is C=CCN(C(=O)[C@H]1[C@@H]2OC3(CC2Br)C(C(=O)N(CC=C)C(C)C)N([C@@H](CC)CO)C(=O)[C@H]13)c1ccccc1. The predicted molar refractivity (Wildman–Crippen MR) is 150 cm³/mol. The van der Waals surface area contributed by atoms with Crippen LogP contribution < -0.4 is 4.90 Å². The molecule has 9 heteroatoms. The Bertz CT molecular complexity index is 1080. The van der Waals surface area contributed by atoms with Crippen molar-refractivity contribution in [2.24, 2.45) is 11.8 Å². The number of hydrogen-bond donors (Lipinski definition) is 1. The molecule has 3 saturated heterocycles. The van der Waals surface area contributed by atoms with Gasteiger partial charge in [-0.05, 0) is 38.8 Å². The van der Waals surface area contributed by atoms with Crippen molar-refractivity contribution in [2.75, 3.05) is 24.6 Å². The quantitative estimate of drug-likeness (QED) is 0.317. The minimum atomic E-state index is -1.18. The molecule has 1 aromatic carbocycles. The van der Waals surface area contributed by atoms with E-state index in [1.54, 1.807) is 22.0 Å². The molecule has 3 aliphatic rings. The van der Waals surface area contributed by atoms with Gasteiger partial charge in [-0.3, -0.25) is 14.4 Å². The van der Waals surface area contributed by atoms with E-state index in [2.05, 4.69) is 29.1 Å². The fraction of sp³-hybridized carbons (Fsp3) is 0.552. The molecule has 3 unspecified atom stereocenters. The molecule has 8 nitrogen and oxygen atoms in total. The summed E-state index contributed by atoms with van der Waals surface area (Å²) < 4.78 is 6.64. The van der Waals surface area contributed by atoms with Crippen LogP contribution in [-0.2, 0) is 19.1 Å². The molecule has 3 heterocycles. The Morgan fingerprint density at radius 3 is 2.42 bits per heavy atom. The Morgan fingerprint density at radius 1 is 1.21 bits per heavy atom. The van der Waals surface area contributed by atoms with Crippen LogP contribution in [0.3, 0.4) is 0 Å². The first-order valence-corrected chi connectivity index (χ1v) is 14.2. The van der Waals surface area contributed by atoms with Crippen molar-refractivity contribution < 1.29 is 24.2 Å². The molecule has 7 atom stereocenters. The third kappa shape index (κ3) is 4.42. The van der Waals surface area contributed by atoms with Crippen molar-refractivity contribution in [3.8, 4) is 0 Å². The number of aliphatic hydroxyl groups excluding tert-OH is 1. The lowest BCUT2D eigenvalue weighted by atomic mass is 9.70. The van der Waals surface area contributed by atoms with E-state index >= 15 is 0 Å². The molecule has 1 N–H and O–H groups in total. The molecule has 0 saturated carbocycles. The first-order valence-electron chi connectivity index (χ1n) is 13.3. The van der Waals surface area contributed by atoms with Gasteiger partial charge in [0.05, 0.1) is 30.6 Å². The molecule has 2 bridgehead atoms. The van der Waals surface area contributed by atoms with Crippen LogP contribution in [0.25, 0.3) is 0 Å². The maximum absolute atomic E-state index is 14.3. The lowest BCUT2D eigenvalue weighted by Gasteiger charge is -2.40. The van der Waals surface area contributed by atoms with Crippen LogP contribution in [0.1, 0.15) is 33.6 Å². The van der Waals surface area contributed by atoms with Crippen molar-refractivity contribution in [2.45, 2.75) is 68.3 Å². The number of carbonyl (C=O) groups is 3. The molecule has 0 radical (unpaired) electrons. The van der Waals surface area contributed by atoms with Gasteiger partial charge in [-0.25, -0.2) is 0 Å². The maximum Gasteiger partial charge on any atom is 0.248 e. The molecule has 3 aliphatic heterocycles. The van der Waals surface area contributed by atoms with E-state index in [4.69, 9.17) is 4.74 Å². The average Bonchev–Trinajstić information content (AvgIpc) is 3.50. The number of nitrogens with zero attached hydrogens (tertiary/aromatic N) is 3. The number of fused-ring (bicyclic) bond motifs is 1. The van der Waals surface area contributed by atoms with Crippen LogP contribution in [0.4, 0.5) is 5.69 Å². The molecule has 1 aromatic rings. The maximum atomic E-state index is 14.3. The highest BCUT2D eigenvalue weighted by atomic mass is 79.9. The minimum Gasteiger partial charge on any atom is -0.394 e. The lowest BCUT2D eigenvalue weighted by Crippen LogP contribution is -2.60. The average molecular weight is 589 g/mol. The number of hydrogen-bond acceptors (Lipinski definition) is 5. The Kier molecular flexibility index (Phi) is 8.49. The van der Waals surface area contributed by atoms with Gasteiger partial charge in [0, 0.05) is 29.6 Å². The minimum absolute atomic E-state index is 0.140. The number of carbonyl (C=O) groups excluding carboxylic acids is 3. The number of ether oxygens (including phenoxy) is 1. The summed E-state index contributed by atoms with van der Waals surface area (Å²) >= 11 is 3.73. The van der Waals surface area contributed by atoms with Crippen LogP contribution in [-0.4, -0.2) is 87.0 Å². The largest absolute Gasteiger partial charge is 0.394 e. The number of para-hydroxylation sites is 1. The Hall–Kier alpha value is -2.49. The van der Waals surface area contributed by atoms with E-state index in [0.29, 0.717) is 25.1 Å². The van der Waals surface area contributed by atoms with Crippen LogP contribution in [0, 0.1) is 11.8 Å². The number of benzene rings is 1. The smallest absolute Gasteiger partial charge is 0.248 e. The van der Waals surface area contributed by atoms with Crippen LogP contribution >= 0.6 is 15.9 Å². The summed E-state index contributed by atoms with van der Waals surface area (Å²) in [5.74, 6) is -2.41. The van der Waals surface area contributed by atoms with Gasteiger partial charge in [0.25, 0.3) is 0 Å². The van der Waals surface area contributed by atoms with Gasteiger partial charge in [0.15, 0.2) is 0 Å². The molecule has 38 heavy (non-hydrogen) atoms. The van der Waals surface area contributed by atoms with Crippen LogP contribution in [0.15, 0.2) is 55.6 Å². The number of halogens is 1. The number of amides is 3. The van der Waals surface area contributed by atoms with Crippen LogP contribution in [0.5, 0.6) is 0 Å². The number of likely N-dealkylation sites (tertiary alicyclic amines) is 1. The second-order valence-corrected chi connectivity index (χ2v) is 11.8. The molecule has 0 aromatic heterocycles. The summed E-state index contributed by atoms with van der Waals surface area (Å²) in [6.45, 7) is 13.6. The molecule has 0 aliphatic carbocycles. The Balaban J connectivity index is 1.83. The highest BCUT2D eigenvalue weighted by Crippen LogP contribution is 2.61. The van der Waals surface area contributed by atoms with Gasteiger partial charge in [-0.15, -0.1) is 13.2 Å². The van der Waals surface area contributed by atoms with E-state index in [1.165, 1.54) is 4.90 Å². The van der Waals surface area contributed by atoms with Gasteiger partial charge >= 0.3 is 0 Å². The number of anilines is 1. The Labute approximate surface area is 233 Å².